The van der Waals surface area contributed by atoms with Crippen molar-refractivity contribution in [3.63, 3.8) is 0 Å². The van der Waals surface area contributed by atoms with Crippen LogP contribution in [0.4, 0.5) is 5.82 Å². The van der Waals surface area contributed by atoms with E-state index >= 15 is 0 Å². The zero-order valence-electron chi connectivity index (χ0n) is 13.8. The molecule has 0 unspecified atom stereocenters. The summed E-state index contributed by atoms with van der Waals surface area (Å²) in [5.41, 5.74) is 0.893. The van der Waals surface area contributed by atoms with Crippen molar-refractivity contribution in [2.45, 2.75) is 11.9 Å². The number of nitrogens with zero attached hydrogens (tertiary/aromatic N) is 6. The molecule has 3 aromatic rings. The largest absolute Gasteiger partial charge is 0.367 e. The summed E-state index contributed by atoms with van der Waals surface area (Å²) in [5.74, 6) is 1.15. The predicted octanol–water partition coefficient (Wildman–Crippen LogP) is 0.0946. The maximum absolute atomic E-state index is 12.0. The summed E-state index contributed by atoms with van der Waals surface area (Å²) in [4.78, 5) is 3.83. The number of nitrogens with one attached hydrogen (secondary N) is 2. The third-order valence-electron chi connectivity index (χ3n) is 3.29. The second-order valence-corrected chi connectivity index (χ2v) is 7.09. The molecule has 0 aliphatic heterocycles. The minimum atomic E-state index is -3.60. The first kappa shape index (κ1) is 17.0. The predicted molar refractivity (Wildman–Crippen MR) is 90.8 cm³/mol. The van der Waals surface area contributed by atoms with Crippen LogP contribution >= 0.6 is 0 Å². The lowest BCUT2D eigenvalue weighted by molar-refractivity contribution is 0.579. The standard InChI is InChI=1S/C14H18N8O2S/c1-11-5-8-22(20-11)13-4-3-12(18-19-13)15-6-7-17-25(23,24)14-9-21(2)10-16-14/h3-5,8-10,17H,6-7H2,1-2H3,(H,15,18). The van der Waals surface area contributed by atoms with Gasteiger partial charge in [-0.25, -0.2) is 22.8 Å². The van der Waals surface area contributed by atoms with E-state index in [0.29, 0.717) is 18.2 Å². The van der Waals surface area contributed by atoms with E-state index in [4.69, 9.17) is 0 Å². The molecule has 2 N–H and O–H groups in total. The molecule has 0 aliphatic rings. The molecule has 0 amide bonds. The molecule has 10 nitrogen and oxygen atoms in total. The summed E-state index contributed by atoms with van der Waals surface area (Å²) in [6.45, 7) is 2.45. The van der Waals surface area contributed by atoms with Crippen molar-refractivity contribution in [1.29, 1.82) is 0 Å². The van der Waals surface area contributed by atoms with Gasteiger partial charge in [-0.05, 0) is 25.1 Å². The van der Waals surface area contributed by atoms with Gasteiger partial charge in [-0.2, -0.15) is 5.10 Å². The molecule has 3 rings (SSSR count). The topological polar surface area (TPSA) is 120 Å². The molecule has 3 heterocycles. The van der Waals surface area contributed by atoms with Crippen molar-refractivity contribution in [2.24, 2.45) is 7.05 Å². The Morgan fingerprint density at radius 1 is 1.16 bits per heavy atom. The molecule has 132 valence electrons. The highest BCUT2D eigenvalue weighted by molar-refractivity contribution is 7.89. The van der Waals surface area contributed by atoms with Crippen molar-refractivity contribution < 1.29 is 8.42 Å². The second kappa shape index (κ2) is 6.99. The Morgan fingerprint density at radius 3 is 2.60 bits per heavy atom. The zero-order chi connectivity index (χ0) is 17.9. The van der Waals surface area contributed by atoms with Crippen LogP contribution in [0.2, 0.25) is 0 Å². The lowest BCUT2D eigenvalue weighted by Crippen LogP contribution is -2.29. The maximum Gasteiger partial charge on any atom is 0.259 e. The van der Waals surface area contributed by atoms with Crippen LogP contribution in [0, 0.1) is 6.92 Å². The van der Waals surface area contributed by atoms with Crippen LogP contribution in [0.1, 0.15) is 5.69 Å². The smallest absolute Gasteiger partial charge is 0.259 e. The van der Waals surface area contributed by atoms with Gasteiger partial charge in [0.25, 0.3) is 10.0 Å². The number of aromatic nitrogens is 6. The maximum atomic E-state index is 12.0. The van der Waals surface area contributed by atoms with E-state index in [1.165, 1.54) is 12.5 Å². The number of aryl methyl sites for hydroxylation is 2. The van der Waals surface area contributed by atoms with Crippen LogP contribution in [0.15, 0.2) is 41.9 Å². The van der Waals surface area contributed by atoms with Crippen molar-refractivity contribution in [1.82, 2.24) is 34.3 Å². The lowest BCUT2D eigenvalue weighted by atomic mass is 10.5. The normalized spacial score (nSPS) is 11.6. The summed E-state index contributed by atoms with van der Waals surface area (Å²) in [6, 6.07) is 5.41. The summed E-state index contributed by atoms with van der Waals surface area (Å²) in [5, 5.41) is 15.4. The first-order valence-electron chi connectivity index (χ1n) is 7.52. The second-order valence-electron chi connectivity index (χ2n) is 5.38. The third-order valence-corrected chi connectivity index (χ3v) is 4.63. The minimum Gasteiger partial charge on any atom is -0.367 e. The molecule has 0 aromatic carbocycles. The van der Waals surface area contributed by atoms with Gasteiger partial charge in [-0.1, -0.05) is 0 Å². The Hall–Kier alpha value is -2.79. The van der Waals surface area contributed by atoms with Gasteiger partial charge in [-0.3, -0.25) is 0 Å². The first-order chi connectivity index (χ1) is 11.9. The van der Waals surface area contributed by atoms with E-state index in [9.17, 15) is 8.42 Å². The fourth-order valence-corrected chi connectivity index (χ4v) is 3.07. The minimum absolute atomic E-state index is 0.00587. The Balaban J connectivity index is 1.51. The molecule has 0 bridgehead atoms. The lowest BCUT2D eigenvalue weighted by Gasteiger charge is -2.07. The molecular formula is C14H18N8O2S. The highest BCUT2D eigenvalue weighted by atomic mass is 32.2. The molecular weight excluding hydrogens is 344 g/mol. The number of hydrogen-bond acceptors (Lipinski definition) is 7. The number of rotatable bonds is 7. The number of sulfonamides is 1. The Kier molecular flexibility index (Phi) is 4.76. The molecule has 11 heteroatoms. The van der Waals surface area contributed by atoms with E-state index in [-0.39, 0.29) is 11.6 Å². The number of anilines is 1. The molecule has 0 atom stereocenters. The summed E-state index contributed by atoms with van der Waals surface area (Å²) < 4.78 is 29.7. The quantitative estimate of drug-likeness (QED) is 0.572. The van der Waals surface area contributed by atoms with Gasteiger partial charge in [0.15, 0.2) is 10.8 Å². The SMILES string of the molecule is Cc1ccn(-c2ccc(NCCNS(=O)(=O)c3cn(C)cn3)nn2)n1. The zero-order valence-corrected chi connectivity index (χ0v) is 14.6. The van der Waals surface area contributed by atoms with Crippen LogP contribution in [0.5, 0.6) is 0 Å². The van der Waals surface area contributed by atoms with Crippen LogP contribution in [-0.4, -0.2) is 51.0 Å². The van der Waals surface area contributed by atoms with E-state index in [1.807, 2.05) is 13.0 Å². The van der Waals surface area contributed by atoms with Crippen LogP contribution in [0.25, 0.3) is 5.82 Å². The van der Waals surface area contributed by atoms with E-state index in [0.717, 1.165) is 5.69 Å². The van der Waals surface area contributed by atoms with Gasteiger partial charge in [0.2, 0.25) is 0 Å². The summed E-state index contributed by atoms with van der Waals surface area (Å²) >= 11 is 0. The van der Waals surface area contributed by atoms with E-state index in [2.05, 4.69) is 30.3 Å². The fourth-order valence-electron chi connectivity index (χ4n) is 2.06. The number of imidazole rings is 1. The highest BCUT2D eigenvalue weighted by Crippen LogP contribution is 2.07. The molecule has 0 spiro atoms. The molecule has 0 saturated heterocycles. The summed E-state index contributed by atoms with van der Waals surface area (Å²) in [6.07, 6.45) is 4.68. The van der Waals surface area contributed by atoms with Gasteiger partial charge in [0, 0.05) is 32.5 Å². The Morgan fingerprint density at radius 2 is 2.00 bits per heavy atom. The fraction of sp³-hybridized carbons (Fsp3) is 0.286. The van der Waals surface area contributed by atoms with Crippen molar-refractivity contribution in [3.05, 3.63) is 42.6 Å². The first-order valence-corrected chi connectivity index (χ1v) is 9.00. The van der Waals surface area contributed by atoms with Gasteiger partial charge in [0.1, 0.15) is 5.82 Å². The third kappa shape index (κ3) is 4.19. The number of hydrogen-bond donors (Lipinski definition) is 2. The van der Waals surface area contributed by atoms with Crippen molar-refractivity contribution >= 4 is 15.8 Å². The molecule has 25 heavy (non-hydrogen) atoms. The molecule has 3 aromatic heterocycles. The summed E-state index contributed by atoms with van der Waals surface area (Å²) in [7, 11) is -1.90. The molecule has 0 saturated carbocycles. The van der Waals surface area contributed by atoms with Crippen LogP contribution < -0.4 is 10.0 Å². The Labute approximate surface area is 145 Å². The highest BCUT2D eigenvalue weighted by Gasteiger charge is 2.15. The Bertz CT molecular complexity index is 945. The average Bonchev–Trinajstić information content (AvgIpc) is 3.21. The average molecular weight is 362 g/mol. The van der Waals surface area contributed by atoms with Crippen molar-refractivity contribution in [2.75, 3.05) is 18.4 Å². The molecule has 0 aliphatic carbocycles. The van der Waals surface area contributed by atoms with Crippen LogP contribution in [0.3, 0.4) is 0 Å². The van der Waals surface area contributed by atoms with Gasteiger partial charge in [-0.15, -0.1) is 10.2 Å². The molecule has 0 radical (unpaired) electrons. The van der Waals surface area contributed by atoms with Gasteiger partial charge >= 0.3 is 0 Å². The molecule has 0 fully saturated rings. The van der Waals surface area contributed by atoms with Gasteiger partial charge in [0.05, 0.1) is 12.0 Å². The van der Waals surface area contributed by atoms with Crippen molar-refractivity contribution in [3.8, 4) is 5.82 Å². The van der Waals surface area contributed by atoms with E-state index < -0.39 is 10.0 Å². The van der Waals surface area contributed by atoms with E-state index in [1.54, 1.807) is 34.6 Å². The van der Waals surface area contributed by atoms with Gasteiger partial charge < -0.3 is 9.88 Å². The van der Waals surface area contributed by atoms with Crippen LogP contribution in [-0.2, 0) is 17.1 Å². The monoisotopic (exact) mass is 362 g/mol.